The number of nitrogens with two attached hydrogens (primary N) is 1. The molecule has 0 spiro atoms. The number of carbonyl (C=O) groups excluding carboxylic acids is 1. The molecule has 0 aliphatic rings. The highest BCUT2D eigenvalue weighted by atomic mass is 16.6. The Labute approximate surface area is 60.0 Å². The normalized spacial score (nSPS) is 13.3. The van der Waals surface area contributed by atoms with E-state index >= 15 is 0 Å². The van der Waals surface area contributed by atoms with Crippen LogP contribution in [0.2, 0.25) is 0 Å². The summed E-state index contributed by atoms with van der Waals surface area (Å²) in [5, 5.41) is 8.17. The number of ether oxygens (including phenoxy) is 1. The maximum atomic E-state index is 10.7. The van der Waals surface area contributed by atoms with Gasteiger partial charge in [-0.1, -0.05) is 13.8 Å². The predicted molar refractivity (Wildman–Crippen MR) is 36.0 cm³/mol. The second-order valence-corrected chi connectivity index (χ2v) is 2.36. The molecule has 0 unspecified atom stereocenters. The average molecular weight is 147 g/mol. The second-order valence-electron chi connectivity index (χ2n) is 2.36. The zero-order valence-corrected chi connectivity index (χ0v) is 6.20. The lowest BCUT2D eigenvalue weighted by atomic mass is 10.1. The third kappa shape index (κ3) is 2.80. The molecular weight excluding hydrogens is 134 g/mol. The van der Waals surface area contributed by atoms with Gasteiger partial charge in [0.1, 0.15) is 6.04 Å². The molecule has 0 amide bonds. The fraction of sp³-hybridized carbons (Fsp3) is 0.833. The van der Waals surface area contributed by atoms with Crippen molar-refractivity contribution in [2.75, 3.05) is 6.79 Å². The Kier molecular flexibility index (Phi) is 3.99. The van der Waals surface area contributed by atoms with Crippen molar-refractivity contribution in [1.29, 1.82) is 0 Å². The lowest BCUT2D eigenvalue weighted by Gasteiger charge is -2.12. The van der Waals surface area contributed by atoms with Gasteiger partial charge in [-0.25, -0.2) is 0 Å². The predicted octanol–water partition coefficient (Wildman–Crippen LogP) is -0.537. The van der Waals surface area contributed by atoms with Crippen LogP contribution in [0.15, 0.2) is 0 Å². The monoisotopic (exact) mass is 147 g/mol. The zero-order valence-electron chi connectivity index (χ0n) is 6.20. The number of hydrogen-bond acceptors (Lipinski definition) is 4. The van der Waals surface area contributed by atoms with Crippen LogP contribution in [0.4, 0.5) is 0 Å². The van der Waals surface area contributed by atoms with Gasteiger partial charge < -0.3 is 15.6 Å². The van der Waals surface area contributed by atoms with Gasteiger partial charge >= 0.3 is 5.97 Å². The summed E-state index contributed by atoms with van der Waals surface area (Å²) in [5.41, 5.74) is 5.36. The van der Waals surface area contributed by atoms with Crippen LogP contribution in [0.25, 0.3) is 0 Å². The number of hydrogen-bond donors (Lipinski definition) is 2. The number of carbonyl (C=O) groups is 1. The molecule has 3 N–H and O–H groups in total. The fourth-order valence-corrected chi connectivity index (χ4v) is 0.432. The summed E-state index contributed by atoms with van der Waals surface area (Å²) in [6.07, 6.45) is 0. The van der Waals surface area contributed by atoms with Gasteiger partial charge in [0.15, 0.2) is 6.79 Å². The highest BCUT2D eigenvalue weighted by Crippen LogP contribution is 1.99. The molecule has 0 heterocycles. The van der Waals surface area contributed by atoms with Crippen molar-refractivity contribution >= 4 is 5.97 Å². The Bertz CT molecular complexity index is 114. The van der Waals surface area contributed by atoms with E-state index in [4.69, 9.17) is 10.8 Å². The Morgan fingerprint density at radius 3 is 2.50 bits per heavy atom. The molecule has 0 rings (SSSR count). The Morgan fingerprint density at radius 2 is 2.20 bits per heavy atom. The van der Waals surface area contributed by atoms with Gasteiger partial charge in [0, 0.05) is 0 Å². The fourth-order valence-electron chi connectivity index (χ4n) is 0.432. The van der Waals surface area contributed by atoms with Crippen molar-refractivity contribution in [2.24, 2.45) is 11.7 Å². The van der Waals surface area contributed by atoms with Crippen LogP contribution in [0.3, 0.4) is 0 Å². The number of aliphatic hydroxyl groups is 1. The van der Waals surface area contributed by atoms with E-state index in [1.807, 2.05) is 13.8 Å². The van der Waals surface area contributed by atoms with Gasteiger partial charge in [-0.2, -0.15) is 0 Å². The van der Waals surface area contributed by atoms with E-state index in [1.165, 1.54) is 0 Å². The average Bonchev–Trinajstić information content (AvgIpc) is 1.87. The van der Waals surface area contributed by atoms with Crippen LogP contribution in [0.1, 0.15) is 13.8 Å². The molecule has 0 aromatic heterocycles. The van der Waals surface area contributed by atoms with E-state index in [2.05, 4.69) is 4.74 Å². The van der Waals surface area contributed by atoms with Gasteiger partial charge in [-0.15, -0.1) is 0 Å². The summed E-state index contributed by atoms with van der Waals surface area (Å²) >= 11 is 0. The summed E-state index contributed by atoms with van der Waals surface area (Å²) in [6.45, 7) is 3.02. The topological polar surface area (TPSA) is 72.6 Å². The molecule has 0 aliphatic carbocycles. The number of rotatable bonds is 3. The molecule has 0 saturated carbocycles. The molecule has 0 aromatic rings. The Hall–Kier alpha value is -0.610. The van der Waals surface area contributed by atoms with Crippen LogP contribution >= 0.6 is 0 Å². The lowest BCUT2D eigenvalue weighted by molar-refractivity contribution is -0.154. The summed E-state index contributed by atoms with van der Waals surface area (Å²) in [6, 6.07) is -0.632. The van der Waals surface area contributed by atoms with Crippen LogP contribution in [-0.4, -0.2) is 23.9 Å². The molecule has 4 heteroatoms. The highest BCUT2D eigenvalue weighted by Gasteiger charge is 2.17. The molecule has 0 bridgehead atoms. The van der Waals surface area contributed by atoms with E-state index in [1.54, 1.807) is 0 Å². The number of aliphatic hydroxyl groups excluding tert-OH is 1. The summed E-state index contributed by atoms with van der Waals surface area (Å²) in [7, 11) is 0. The SMILES string of the molecule is CC(C)[C@H](N)C(=O)OCO. The Morgan fingerprint density at radius 1 is 1.70 bits per heavy atom. The summed E-state index contributed by atoms with van der Waals surface area (Å²) in [5.74, 6) is -0.517. The third-order valence-corrected chi connectivity index (χ3v) is 1.20. The smallest absolute Gasteiger partial charge is 0.325 e. The van der Waals surface area contributed by atoms with E-state index < -0.39 is 18.8 Å². The van der Waals surface area contributed by atoms with Gasteiger partial charge in [0.25, 0.3) is 0 Å². The third-order valence-electron chi connectivity index (χ3n) is 1.20. The van der Waals surface area contributed by atoms with Crippen LogP contribution in [0.5, 0.6) is 0 Å². The minimum atomic E-state index is -0.632. The first kappa shape index (κ1) is 9.39. The minimum Gasteiger partial charge on any atom is -0.438 e. The summed E-state index contributed by atoms with van der Waals surface area (Å²) in [4.78, 5) is 10.7. The van der Waals surface area contributed by atoms with Gasteiger partial charge in [0.05, 0.1) is 0 Å². The van der Waals surface area contributed by atoms with Crippen LogP contribution < -0.4 is 5.73 Å². The van der Waals surface area contributed by atoms with E-state index in [-0.39, 0.29) is 5.92 Å². The minimum absolute atomic E-state index is 0.0408. The molecule has 0 radical (unpaired) electrons. The van der Waals surface area contributed by atoms with Crippen molar-refractivity contribution < 1.29 is 14.6 Å². The van der Waals surface area contributed by atoms with Crippen LogP contribution in [-0.2, 0) is 9.53 Å². The first-order valence-corrected chi connectivity index (χ1v) is 3.12. The zero-order chi connectivity index (χ0) is 8.15. The second kappa shape index (κ2) is 4.24. The van der Waals surface area contributed by atoms with Crippen molar-refractivity contribution in [3.8, 4) is 0 Å². The molecule has 4 nitrogen and oxygen atoms in total. The van der Waals surface area contributed by atoms with Gasteiger partial charge in [-0.3, -0.25) is 4.79 Å². The Balaban J connectivity index is 3.71. The molecule has 0 aliphatic heterocycles. The molecule has 0 aromatic carbocycles. The van der Waals surface area contributed by atoms with E-state index in [0.717, 1.165) is 0 Å². The quantitative estimate of drug-likeness (QED) is 0.415. The van der Waals surface area contributed by atoms with Gasteiger partial charge in [0.2, 0.25) is 0 Å². The summed E-state index contributed by atoms with van der Waals surface area (Å²) < 4.78 is 4.26. The van der Waals surface area contributed by atoms with Gasteiger partial charge in [-0.05, 0) is 5.92 Å². The largest absolute Gasteiger partial charge is 0.438 e. The standard InChI is InChI=1S/C6H13NO3/c1-4(2)5(7)6(9)10-3-8/h4-5,8H,3,7H2,1-2H3/t5-/m0/s1. The van der Waals surface area contributed by atoms with Crippen molar-refractivity contribution in [3.05, 3.63) is 0 Å². The highest BCUT2D eigenvalue weighted by molar-refractivity contribution is 5.75. The molecular formula is C6H13NO3. The van der Waals surface area contributed by atoms with Crippen molar-refractivity contribution in [1.82, 2.24) is 0 Å². The molecule has 0 fully saturated rings. The molecule has 0 saturated heterocycles. The van der Waals surface area contributed by atoms with Crippen molar-refractivity contribution in [3.63, 3.8) is 0 Å². The molecule has 10 heavy (non-hydrogen) atoms. The maximum Gasteiger partial charge on any atom is 0.325 e. The van der Waals surface area contributed by atoms with E-state index in [0.29, 0.717) is 0 Å². The lowest BCUT2D eigenvalue weighted by Crippen LogP contribution is -2.37. The maximum absolute atomic E-state index is 10.7. The molecule has 1 atom stereocenters. The van der Waals surface area contributed by atoms with E-state index in [9.17, 15) is 4.79 Å². The first-order valence-electron chi connectivity index (χ1n) is 3.12. The van der Waals surface area contributed by atoms with Crippen LogP contribution in [0, 0.1) is 5.92 Å². The molecule has 60 valence electrons. The first-order chi connectivity index (χ1) is 4.59. The number of esters is 1. The van der Waals surface area contributed by atoms with Crippen molar-refractivity contribution in [2.45, 2.75) is 19.9 Å².